The second kappa shape index (κ2) is 9.70. The topological polar surface area (TPSA) is 85.0 Å². The molecule has 1 aromatic heterocycles. The fraction of sp³-hybridized carbons (Fsp3) is 0.304. The van der Waals surface area contributed by atoms with Crippen molar-refractivity contribution in [2.24, 2.45) is 10.7 Å². The Morgan fingerprint density at radius 3 is 2.42 bits per heavy atom. The van der Waals surface area contributed by atoms with Crippen LogP contribution < -0.4 is 25.4 Å². The Morgan fingerprint density at radius 1 is 1.10 bits per heavy atom. The summed E-state index contributed by atoms with van der Waals surface area (Å²) in [5.41, 5.74) is 10.2. The summed E-state index contributed by atoms with van der Waals surface area (Å²) in [6.45, 7) is 2.71. The van der Waals surface area contributed by atoms with E-state index in [0.29, 0.717) is 17.6 Å². The minimum Gasteiger partial charge on any atom is -0.496 e. The molecule has 0 aliphatic carbocycles. The van der Waals surface area contributed by atoms with Crippen molar-refractivity contribution in [2.45, 2.75) is 19.4 Å². The van der Waals surface area contributed by atoms with Gasteiger partial charge in [-0.25, -0.2) is 4.98 Å². The molecule has 162 valence electrons. The fourth-order valence-electron chi connectivity index (χ4n) is 3.69. The number of nitrogens with one attached hydrogen (secondary N) is 1. The number of aromatic nitrogens is 1. The van der Waals surface area contributed by atoms with Gasteiger partial charge in [0, 0.05) is 29.7 Å². The summed E-state index contributed by atoms with van der Waals surface area (Å²) in [4.78, 5) is 11.5. The molecule has 2 heterocycles. The van der Waals surface area contributed by atoms with Crippen LogP contribution in [0.15, 0.2) is 52.8 Å². The van der Waals surface area contributed by atoms with Crippen LogP contribution in [0.2, 0.25) is 0 Å². The molecule has 0 amide bonds. The zero-order chi connectivity index (χ0) is 21.6. The number of anilines is 1. The molecule has 0 bridgehead atoms. The van der Waals surface area contributed by atoms with Crippen molar-refractivity contribution < 1.29 is 9.47 Å². The number of hydrogen-bond donors (Lipinski definition) is 2. The lowest BCUT2D eigenvalue weighted by Crippen LogP contribution is -2.31. The van der Waals surface area contributed by atoms with E-state index in [1.165, 1.54) is 29.9 Å². The van der Waals surface area contributed by atoms with E-state index in [0.717, 1.165) is 41.4 Å². The highest BCUT2D eigenvalue weighted by molar-refractivity contribution is 7.13. The van der Waals surface area contributed by atoms with Crippen molar-refractivity contribution in [3.8, 4) is 22.8 Å². The first-order valence-corrected chi connectivity index (χ1v) is 11.1. The van der Waals surface area contributed by atoms with Crippen LogP contribution in [0.3, 0.4) is 0 Å². The summed E-state index contributed by atoms with van der Waals surface area (Å²) in [5.74, 6) is 1.75. The maximum absolute atomic E-state index is 6.09. The van der Waals surface area contributed by atoms with Gasteiger partial charge in [0.2, 0.25) is 5.13 Å². The van der Waals surface area contributed by atoms with Gasteiger partial charge in [0.15, 0.2) is 5.96 Å². The van der Waals surface area contributed by atoms with E-state index in [4.69, 9.17) is 15.2 Å². The van der Waals surface area contributed by atoms with Gasteiger partial charge in [-0.2, -0.15) is 4.99 Å². The molecule has 7 nitrogen and oxygen atoms in total. The molecule has 1 saturated heterocycles. The van der Waals surface area contributed by atoms with Gasteiger partial charge >= 0.3 is 0 Å². The second-order valence-corrected chi connectivity index (χ2v) is 8.08. The quantitative estimate of drug-likeness (QED) is 0.426. The number of guanidine groups is 1. The fourth-order valence-corrected chi connectivity index (χ4v) is 4.40. The van der Waals surface area contributed by atoms with E-state index < -0.39 is 0 Å². The zero-order valence-corrected chi connectivity index (χ0v) is 18.6. The highest BCUT2D eigenvalue weighted by Crippen LogP contribution is 2.30. The molecular formula is C23H27N5O2S. The standard InChI is InChI=1S/C23H27N5O2S/c1-29-20-6-5-7-21(30-2)18(20)14-25-22(24)27-23-26-19(15-31-23)16-8-10-17(11-9-16)28-12-3-4-13-28/h5-11,15H,3-4,12-14H2,1-2H3,(H3,24,25,26,27). The molecule has 0 unspecified atom stereocenters. The number of ether oxygens (including phenoxy) is 2. The molecule has 1 aliphatic heterocycles. The predicted molar refractivity (Wildman–Crippen MR) is 127 cm³/mol. The Hall–Kier alpha value is -3.26. The molecule has 2 aromatic carbocycles. The number of hydrogen-bond acceptors (Lipinski definition) is 6. The third kappa shape index (κ3) is 4.91. The summed E-state index contributed by atoms with van der Waals surface area (Å²) in [7, 11) is 3.26. The number of thiazole rings is 1. The number of nitrogens with zero attached hydrogens (tertiary/aromatic N) is 3. The minimum atomic E-state index is 0.290. The van der Waals surface area contributed by atoms with E-state index in [-0.39, 0.29) is 0 Å². The monoisotopic (exact) mass is 437 g/mol. The smallest absolute Gasteiger partial charge is 0.212 e. The van der Waals surface area contributed by atoms with E-state index in [1.807, 2.05) is 23.6 Å². The summed E-state index contributed by atoms with van der Waals surface area (Å²) in [6.07, 6.45) is 2.54. The van der Waals surface area contributed by atoms with Crippen molar-refractivity contribution in [3.05, 3.63) is 53.4 Å². The third-order valence-electron chi connectivity index (χ3n) is 5.32. The Balaban J connectivity index is 1.42. The van der Waals surface area contributed by atoms with Gasteiger partial charge < -0.3 is 25.4 Å². The average Bonchev–Trinajstić information content (AvgIpc) is 3.50. The van der Waals surface area contributed by atoms with Crippen molar-refractivity contribution in [1.29, 1.82) is 0 Å². The highest BCUT2D eigenvalue weighted by Gasteiger charge is 2.13. The Kier molecular flexibility index (Phi) is 6.57. The van der Waals surface area contributed by atoms with Crippen molar-refractivity contribution in [2.75, 3.05) is 32.2 Å². The number of aliphatic imine (C=N–C) groups is 1. The summed E-state index contributed by atoms with van der Waals surface area (Å²) in [5, 5.41) is 5.72. The molecule has 3 N–H and O–H groups in total. The zero-order valence-electron chi connectivity index (χ0n) is 17.8. The first-order valence-electron chi connectivity index (χ1n) is 10.3. The van der Waals surface area contributed by atoms with Crippen LogP contribution in [-0.2, 0) is 6.54 Å². The SMILES string of the molecule is COc1cccc(OC)c1CNC(N)=Nc1nc(-c2ccc(N3CCCC3)cc2)cs1. The van der Waals surface area contributed by atoms with Crippen molar-refractivity contribution in [3.63, 3.8) is 0 Å². The molecule has 0 spiro atoms. The molecule has 1 fully saturated rings. The van der Waals surface area contributed by atoms with Crippen LogP contribution in [0, 0.1) is 0 Å². The average molecular weight is 438 g/mol. The highest BCUT2D eigenvalue weighted by atomic mass is 32.1. The van der Waals surface area contributed by atoms with Crippen LogP contribution in [0.1, 0.15) is 18.4 Å². The lowest BCUT2D eigenvalue weighted by Gasteiger charge is -2.17. The number of methoxy groups -OCH3 is 2. The molecule has 3 aromatic rings. The van der Waals surface area contributed by atoms with Crippen LogP contribution in [0.25, 0.3) is 11.3 Å². The normalized spacial score (nSPS) is 14.0. The number of benzene rings is 2. The van der Waals surface area contributed by atoms with E-state index >= 15 is 0 Å². The largest absolute Gasteiger partial charge is 0.496 e. The van der Waals surface area contributed by atoms with Crippen LogP contribution in [-0.4, -0.2) is 38.3 Å². The first-order chi connectivity index (χ1) is 15.2. The molecule has 8 heteroatoms. The van der Waals surface area contributed by atoms with Crippen molar-refractivity contribution in [1.82, 2.24) is 10.3 Å². The van der Waals surface area contributed by atoms with Crippen molar-refractivity contribution >= 4 is 28.1 Å². The van der Waals surface area contributed by atoms with Gasteiger partial charge in [-0.15, -0.1) is 11.3 Å². The molecule has 4 rings (SSSR count). The van der Waals surface area contributed by atoms with E-state index in [1.54, 1.807) is 14.2 Å². The molecule has 1 aliphatic rings. The van der Waals surface area contributed by atoms with Crippen LogP contribution in [0.5, 0.6) is 11.5 Å². The first kappa shape index (κ1) is 21.0. The third-order valence-corrected chi connectivity index (χ3v) is 6.05. The van der Waals surface area contributed by atoms with Gasteiger partial charge in [-0.3, -0.25) is 0 Å². The number of nitrogens with two attached hydrogens (primary N) is 1. The second-order valence-electron chi connectivity index (χ2n) is 7.25. The summed E-state index contributed by atoms with van der Waals surface area (Å²) >= 11 is 1.46. The van der Waals surface area contributed by atoms with E-state index in [9.17, 15) is 0 Å². The lowest BCUT2D eigenvalue weighted by molar-refractivity contribution is 0.384. The summed E-state index contributed by atoms with van der Waals surface area (Å²) < 4.78 is 10.8. The van der Waals surface area contributed by atoms with Crippen LogP contribution >= 0.6 is 11.3 Å². The lowest BCUT2D eigenvalue weighted by atomic mass is 10.1. The molecular weight excluding hydrogens is 410 g/mol. The molecule has 31 heavy (non-hydrogen) atoms. The van der Waals surface area contributed by atoms with Gasteiger partial charge in [-0.05, 0) is 37.1 Å². The maximum atomic E-state index is 6.09. The number of rotatable bonds is 7. The molecule has 0 saturated carbocycles. The van der Waals surface area contributed by atoms with Gasteiger partial charge in [0.1, 0.15) is 11.5 Å². The van der Waals surface area contributed by atoms with Gasteiger partial charge in [0.05, 0.1) is 32.0 Å². The molecule has 0 radical (unpaired) electrons. The Morgan fingerprint density at radius 2 is 1.77 bits per heavy atom. The Labute approximate surface area is 186 Å². The van der Waals surface area contributed by atoms with Gasteiger partial charge in [0.25, 0.3) is 0 Å². The van der Waals surface area contributed by atoms with Gasteiger partial charge in [-0.1, -0.05) is 18.2 Å². The van der Waals surface area contributed by atoms with E-state index in [2.05, 4.69) is 44.5 Å². The molecule has 0 atom stereocenters. The predicted octanol–water partition coefficient (Wildman–Crippen LogP) is 4.16. The Bertz CT molecular complexity index is 1020. The summed E-state index contributed by atoms with van der Waals surface area (Å²) in [6, 6.07) is 14.2. The maximum Gasteiger partial charge on any atom is 0.212 e. The van der Waals surface area contributed by atoms with Crippen LogP contribution in [0.4, 0.5) is 10.8 Å². The minimum absolute atomic E-state index is 0.290.